The van der Waals surface area contributed by atoms with Crippen molar-refractivity contribution in [1.29, 1.82) is 0 Å². The van der Waals surface area contributed by atoms with E-state index in [1.165, 1.54) is 6.07 Å². The van der Waals surface area contributed by atoms with Crippen LogP contribution in [0.5, 0.6) is 0 Å². The number of hydrogen-bond acceptors (Lipinski definition) is 7. The number of rotatable bonds is 5. The number of nitrogens with one attached hydrogen (secondary N) is 2. The Kier molecular flexibility index (Phi) is 7.33. The van der Waals surface area contributed by atoms with E-state index in [0.717, 1.165) is 25.9 Å². The number of amides is 2. The van der Waals surface area contributed by atoms with E-state index in [1.807, 2.05) is 4.90 Å². The van der Waals surface area contributed by atoms with Gasteiger partial charge in [-0.05, 0) is 61.5 Å². The minimum atomic E-state index is -0.548. The zero-order chi connectivity index (χ0) is 24.1. The molecule has 0 unspecified atom stereocenters. The fourth-order valence-corrected chi connectivity index (χ4v) is 4.23. The van der Waals surface area contributed by atoms with Crippen LogP contribution in [0.3, 0.4) is 0 Å². The summed E-state index contributed by atoms with van der Waals surface area (Å²) in [5, 5.41) is 17.1. The Balaban J connectivity index is 1.37. The Morgan fingerprint density at radius 1 is 0.971 bits per heavy atom. The molecule has 11 heteroatoms. The predicted molar refractivity (Wildman–Crippen MR) is 131 cm³/mol. The third-order valence-electron chi connectivity index (χ3n) is 5.80. The normalized spacial score (nSPS) is 15.6. The van der Waals surface area contributed by atoms with Crippen LogP contribution in [0.4, 0.5) is 17.1 Å². The summed E-state index contributed by atoms with van der Waals surface area (Å²) in [6.07, 6.45) is 1.98. The van der Waals surface area contributed by atoms with E-state index >= 15 is 0 Å². The van der Waals surface area contributed by atoms with E-state index in [-0.39, 0.29) is 22.3 Å². The standard InChI is InChI=1S/C23H25N5O5S/c29-21(17-5-8-19(20(15-17)28(31)32)26-9-1-2-10-26)25-23(34)24-18-6-3-16(4-7-18)22(30)27-11-13-33-14-12-27/h3-8,15H,1-2,9-14H2,(H2,24,25,29,34). The number of morpholine rings is 1. The average Bonchev–Trinajstić information content (AvgIpc) is 3.39. The molecule has 0 radical (unpaired) electrons. The van der Waals surface area contributed by atoms with Crippen LogP contribution in [0.2, 0.25) is 0 Å². The number of nitro groups is 1. The highest BCUT2D eigenvalue weighted by Crippen LogP contribution is 2.31. The molecule has 2 N–H and O–H groups in total. The van der Waals surface area contributed by atoms with Crippen LogP contribution in [0, 0.1) is 10.1 Å². The summed E-state index contributed by atoms with van der Waals surface area (Å²) in [4.78, 5) is 40.0. The highest BCUT2D eigenvalue weighted by atomic mass is 32.1. The molecule has 2 saturated heterocycles. The monoisotopic (exact) mass is 483 g/mol. The van der Waals surface area contributed by atoms with E-state index in [1.54, 1.807) is 41.3 Å². The van der Waals surface area contributed by atoms with Crippen molar-refractivity contribution in [3.05, 3.63) is 63.7 Å². The molecule has 2 amide bonds. The van der Waals surface area contributed by atoms with Crippen LogP contribution in [0.1, 0.15) is 33.6 Å². The lowest BCUT2D eigenvalue weighted by molar-refractivity contribution is -0.384. The van der Waals surface area contributed by atoms with Crippen LogP contribution in [-0.2, 0) is 4.74 Å². The van der Waals surface area contributed by atoms with Gasteiger partial charge in [0.2, 0.25) is 0 Å². The second-order valence-electron chi connectivity index (χ2n) is 8.04. The summed E-state index contributed by atoms with van der Waals surface area (Å²) in [5.41, 5.74) is 1.71. The van der Waals surface area contributed by atoms with E-state index in [0.29, 0.717) is 43.2 Å². The van der Waals surface area contributed by atoms with Gasteiger partial charge in [-0.25, -0.2) is 0 Å². The topological polar surface area (TPSA) is 117 Å². The molecule has 0 aliphatic carbocycles. The molecule has 0 saturated carbocycles. The van der Waals surface area contributed by atoms with Gasteiger partial charge in [0.05, 0.1) is 18.1 Å². The van der Waals surface area contributed by atoms with Gasteiger partial charge in [-0.2, -0.15) is 0 Å². The van der Waals surface area contributed by atoms with Crippen LogP contribution in [-0.4, -0.2) is 66.1 Å². The third-order valence-corrected chi connectivity index (χ3v) is 6.00. The largest absolute Gasteiger partial charge is 0.378 e. The fraction of sp³-hybridized carbons (Fsp3) is 0.348. The number of hydrogen-bond donors (Lipinski definition) is 2. The van der Waals surface area contributed by atoms with Gasteiger partial charge in [0.25, 0.3) is 17.5 Å². The molecule has 2 aromatic rings. The maximum Gasteiger partial charge on any atom is 0.293 e. The molecule has 10 nitrogen and oxygen atoms in total. The molecule has 2 aromatic carbocycles. The minimum absolute atomic E-state index is 0.0449. The Morgan fingerprint density at radius 3 is 2.26 bits per heavy atom. The van der Waals surface area contributed by atoms with Crippen LogP contribution in [0.25, 0.3) is 0 Å². The van der Waals surface area contributed by atoms with E-state index in [9.17, 15) is 19.7 Å². The maximum absolute atomic E-state index is 12.6. The zero-order valence-electron chi connectivity index (χ0n) is 18.5. The first-order chi connectivity index (χ1) is 16.4. The Morgan fingerprint density at radius 2 is 1.62 bits per heavy atom. The highest BCUT2D eigenvalue weighted by molar-refractivity contribution is 7.80. The lowest BCUT2D eigenvalue weighted by atomic mass is 10.1. The number of carbonyl (C=O) groups is 2. The molecule has 34 heavy (non-hydrogen) atoms. The minimum Gasteiger partial charge on any atom is -0.378 e. The summed E-state index contributed by atoms with van der Waals surface area (Å²) in [5.74, 6) is -0.614. The molecular formula is C23H25N5O5S. The summed E-state index contributed by atoms with van der Waals surface area (Å²) < 4.78 is 5.27. The van der Waals surface area contributed by atoms with Crippen molar-refractivity contribution in [2.75, 3.05) is 49.6 Å². The Hall–Kier alpha value is -3.57. The van der Waals surface area contributed by atoms with Crippen molar-refractivity contribution in [2.45, 2.75) is 12.8 Å². The predicted octanol–water partition coefficient (Wildman–Crippen LogP) is 2.79. The quantitative estimate of drug-likeness (QED) is 0.379. The second-order valence-corrected chi connectivity index (χ2v) is 8.45. The Bertz CT molecular complexity index is 1100. The molecule has 0 atom stereocenters. The van der Waals surface area contributed by atoms with Crippen molar-refractivity contribution in [2.24, 2.45) is 0 Å². The lowest BCUT2D eigenvalue weighted by Crippen LogP contribution is -2.40. The number of nitrogens with zero attached hydrogens (tertiary/aromatic N) is 3. The molecule has 2 fully saturated rings. The van der Waals surface area contributed by atoms with Crippen molar-refractivity contribution in [1.82, 2.24) is 10.2 Å². The highest BCUT2D eigenvalue weighted by Gasteiger charge is 2.24. The molecule has 0 spiro atoms. The van der Waals surface area contributed by atoms with E-state index < -0.39 is 10.8 Å². The molecule has 4 rings (SSSR count). The first-order valence-corrected chi connectivity index (χ1v) is 11.5. The van der Waals surface area contributed by atoms with Gasteiger partial charge in [-0.15, -0.1) is 0 Å². The molecule has 2 heterocycles. The third kappa shape index (κ3) is 5.49. The van der Waals surface area contributed by atoms with Gasteiger partial charge in [0.15, 0.2) is 5.11 Å². The van der Waals surface area contributed by atoms with Gasteiger partial charge >= 0.3 is 0 Å². The zero-order valence-corrected chi connectivity index (χ0v) is 19.3. The summed E-state index contributed by atoms with van der Waals surface area (Å²) >= 11 is 5.22. The molecule has 0 bridgehead atoms. The number of benzene rings is 2. The summed E-state index contributed by atoms with van der Waals surface area (Å²) in [6.45, 7) is 3.71. The number of carbonyl (C=O) groups excluding carboxylic acids is 2. The van der Waals surface area contributed by atoms with Gasteiger partial charge in [0, 0.05) is 49.1 Å². The second kappa shape index (κ2) is 10.6. The molecule has 2 aliphatic rings. The van der Waals surface area contributed by atoms with Gasteiger partial charge in [0.1, 0.15) is 5.69 Å². The average molecular weight is 484 g/mol. The van der Waals surface area contributed by atoms with Crippen LogP contribution < -0.4 is 15.5 Å². The van der Waals surface area contributed by atoms with E-state index in [2.05, 4.69) is 10.6 Å². The molecule has 0 aromatic heterocycles. The molecular weight excluding hydrogens is 458 g/mol. The molecule has 178 valence electrons. The molecule has 2 aliphatic heterocycles. The van der Waals surface area contributed by atoms with Crippen molar-refractivity contribution in [3.63, 3.8) is 0 Å². The number of ether oxygens (including phenoxy) is 1. The van der Waals surface area contributed by atoms with E-state index in [4.69, 9.17) is 17.0 Å². The van der Waals surface area contributed by atoms with Crippen molar-refractivity contribution < 1.29 is 19.2 Å². The Labute approximate surface area is 202 Å². The van der Waals surface area contributed by atoms with Crippen LogP contribution in [0.15, 0.2) is 42.5 Å². The number of nitro benzene ring substituents is 1. The van der Waals surface area contributed by atoms with Gasteiger partial charge < -0.3 is 19.9 Å². The van der Waals surface area contributed by atoms with Gasteiger partial charge in [-0.3, -0.25) is 25.0 Å². The van der Waals surface area contributed by atoms with Crippen molar-refractivity contribution in [3.8, 4) is 0 Å². The SMILES string of the molecule is O=C(NC(=S)Nc1ccc(C(=O)N2CCOCC2)cc1)c1ccc(N2CCCC2)c([N+](=O)[O-])c1. The smallest absolute Gasteiger partial charge is 0.293 e. The number of anilines is 2. The lowest BCUT2D eigenvalue weighted by Gasteiger charge is -2.26. The first-order valence-electron chi connectivity index (χ1n) is 11.1. The summed E-state index contributed by atoms with van der Waals surface area (Å²) in [6, 6.07) is 11.2. The van der Waals surface area contributed by atoms with Crippen LogP contribution >= 0.6 is 12.2 Å². The maximum atomic E-state index is 12.6. The number of thiocarbonyl (C=S) groups is 1. The van der Waals surface area contributed by atoms with Gasteiger partial charge in [-0.1, -0.05) is 0 Å². The first kappa shape index (κ1) is 23.6. The fourth-order valence-electron chi connectivity index (χ4n) is 4.02. The van der Waals surface area contributed by atoms with Crippen molar-refractivity contribution >= 4 is 46.2 Å². The summed E-state index contributed by atoms with van der Waals surface area (Å²) in [7, 11) is 0.